The monoisotopic (exact) mass is 186 g/mol. The largest absolute Gasteiger partial charge is 0.359 e. The van der Waals surface area contributed by atoms with E-state index in [-0.39, 0.29) is 17.7 Å². The fraction of sp³-hybridized carbons (Fsp3) is 0.778. The Morgan fingerprint density at radius 1 is 1.38 bits per heavy atom. The number of hydrogen-bond acceptors (Lipinski definition) is 2. The molecule has 0 aromatic carbocycles. The first-order valence-corrected chi connectivity index (χ1v) is 4.40. The first kappa shape index (κ1) is 11.9. The molecule has 1 N–H and O–H groups in total. The van der Waals surface area contributed by atoms with Crippen molar-refractivity contribution in [2.75, 3.05) is 21.1 Å². The number of amides is 2. The third-order valence-corrected chi connectivity index (χ3v) is 1.98. The van der Waals surface area contributed by atoms with Gasteiger partial charge in [-0.15, -0.1) is 0 Å². The van der Waals surface area contributed by atoms with Crippen LogP contribution in [0.15, 0.2) is 0 Å². The molecule has 0 spiro atoms. The van der Waals surface area contributed by atoms with Gasteiger partial charge in [0.15, 0.2) is 0 Å². The summed E-state index contributed by atoms with van der Waals surface area (Å²) in [4.78, 5) is 23.7. The number of carbonyl (C=O) groups excluding carboxylic acids is 2. The zero-order chi connectivity index (χ0) is 10.4. The van der Waals surface area contributed by atoms with Crippen LogP contribution in [0.25, 0.3) is 0 Å². The minimum Gasteiger partial charge on any atom is -0.359 e. The maximum atomic E-state index is 11.2. The second-order valence-corrected chi connectivity index (χ2v) is 3.34. The molecular formula is C9H18N2O2. The van der Waals surface area contributed by atoms with E-state index in [0.29, 0.717) is 12.8 Å². The van der Waals surface area contributed by atoms with Crippen molar-refractivity contribution in [2.24, 2.45) is 5.92 Å². The van der Waals surface area contributed by atoms with Gasteiger partial charge in [-0.3, -0.25) is 9.59 Å². The van der Waals surface area contributed by atoms with Crippen LogP contribution in [-0.2, 0) is 9.59 Å². The van der Waals surface area contributed by atoms with E-state index in [1.807, 2.05) is 6.92 Å². The summed E-state index contributed by atoms with van der Waals surface area (Å²) in [6.45, 7) is 1.82. The number of carbonyl (C=O) groups is 2. The molecule has 76 valence electrons. The van der Waals surface area contributed by atoms with Gasteiger partial charge in [0, 0.05) is 33.5 Å². The minimum absolute atomic E-state index is 0.00782. The van der Waals surface area contributed by atoms with Gasteiger partial charge >= 0.3 is 0 Å². The molecule has 0 aliphatic heterocycles. The summed E-state index contributed by atoms with van der Waals surface area (Å²) in [6.07, 6.45) is 1.04. The van der Waals surface area contributed by atoms with Crippen molar-refractivity contribution in [1.29, 1.82) is 0 Å². The molecular weight excluding hydrogens is 168 g/mol. The number of hydrogen-bond donors (Lipinski definition) is 1. The van der Waals surface area contributed by atoms with Gasteiger partial charge in [-0.2, -0.15) is 0 Å². The highest BCUT2D eigenvalue weighted by atomic mass is 16.2. The van der Waals surface area contributed by atoms with Crippen LogP contribution in [0.3, 0.4) is 0 Å². The standard InChI is InChI=1S/C9H18N2O2/c1-7(9(13)10-2)5-6-8(12)11(3)4/h7H,5-6H2,1-4H3,(H,10,13). The van der Waals surface area contributed by atoms with Crippen molar-refractivity contribution >= 4 is 11.8 Å². The zero-order valence-corrected chi connectivity index (χ0v) is 8.76. The number of rotatable bonds is 4. The van der Waals surface area contributed by atoms with E-state index in [4.69, 9.17) is 0 Å². The fourth-order valence-electron chi connectivity index (χ4n) is 0.941. The van der Waals surface area contributed by atoms with Crippen molar-refractivity contribution in [3.05, 3.63) is 0 Å². The smallest absolute Gasteiger partial charge is 0.222 e. The van der Waals surface area contributed by atoms with E-state index in [2.05, 4.69) is 5.32 Å². The molecule has 1 unspecified atom stereocenters. The Labute approximate surface area is 79.3 Å². The number of nitrogens with one attached hydrogen (secondary N) is 1. The minimum atomic E-state index is -0.0890. The highest BCUT2D eigenvalue weighted by Crippen LogP contribution is 2.06. The molecule has 2 amide bonds. The molecule has 13 heavy (non-hydrogen) atoms. The van der Waals surface area contributed by atoms with Crippen molar-refractivity contribution in [3.8, 4) is 0 Å². The molecule has 0 saturated heterocycles. The molecule has 0 aromatic heterocycles. The van der Waals surface area contributed by atoms with Crippen LogP contribution in [0.5, 0.6) is 0 Å². The molecule has 1 atom stereocenters. The summed E-state index contributed by atoms with van der Waals surface area (Å²) in [5.74, 6) is -0.0313. The van der Waals surface area contributed by atoms with Gasteiger partial charge in [0.2, 0.25) is 11.8 Å². The highest BCUT2D eigenvalue weighted by molar-refractivity contribution is 5.80. The Kier molecular flexibility index (Phi) is 5.11. The summed E-state index contributed by atoms with van der Waals surface area (Å²) in [7, 11) is 5.03. The average molecular weight is 186 g/mol. The lowest BCUT2D eigenvalue weighted by Crippen LogP contribution is -2.27. The highest BCUT2D eigenvalue weighted by Gasteiger charge is 2.13. The Morgan fingerprint density at radius 3 is 2.31 bits per heavy atom. The predicted octanol–water partition coefficient (Wildman–Crippen LogP) is 0.237. The molecule has 0 radical (unpaired) electrons. The van der Waals surface area contributed by atoms with E-state index in [0.717, 1.165) is 0 Å². The lowest BCUT2D eigenvalue weighted by molar-refractivity contribution is -0.129. The molecule has 0 bridgehead atoms. The molecule has 4 nitrogen and oxygen atoms in total. The van der Waals surface area contributed by atoms with Gasteiger partial charge in [0.05, 0.1) is 0 Å². The third kappa shape index (κ3) is 4.50. The molecule has 0 aromatic rings. The normalized spacial score (nSPS) is 12.0. The Morgan fingerprint density at radius 2 is 1.92 bits per heavy atom. The molecule has 4 heteroatoms. The zero-order valence-electron chi connectivity index (χ0n) is 8.76. The topological polar surface area (TPSA) is 49.4 Å². The summed E-state index contributed by atoms with van der Waals surface area (Å²) < 4.78 is 0. The fourth-order valence-corrected chi connectivity index (χ4v) is 0.941. The van der Waals surface area contributed by atoms with Gasteiger partial charge in [0.1, 0.15) is 0 Å². The van der Waals surface area contributed by atoms with Crippen LogP contribution >= 0.6 is 0 Å². The van der Waals surface area contributed by atoms with Crippen LogP contribution in [0.2, 0.25) is 0 Å². The molecule has 0 fully saturated rings. The van der Waals surface area contributed by atoms with E-state index in [1.165, 1.54) is 4.90 Å². The Balaban J connectivity index is 3.76. The molecule has 0 rings (SSSR count). The van der Waals surface area contributed by atoms with Crippen molar-refractivity contribution in [3.63, 3.8) is 0 Å². The summed E-state index contributed by atoms with van der Waals surface area (Å²) in [5, 5.41) is 2.55. The molecule has 0 saturated carbocycles. The number of nitrogens with zero attached hydrogens (tertiary/aromatic N) is 1. The van der Waals surface area contributed by atoms with E-state index >= 15 is 0 Å². The first-order chi connectivity index (χ1) is 5.99. The van der Waals surface area contributed by atoms with Gasteiger partial charge in [-0.1, -0.05) is 6.92 Å². The van der Waals surface area contributed by atoms with Crippen molar-refractivity contribution in [2.45, 2.75) is 19.8 Å². The van der Waals surface area contributed by atoms with Crippen molar-refractivity contribution < 1.29 is 9.59 Å². The first-order valence-electron chi connectivity index (χ1n) is 4.40. The van der Waals surface area contributed by atoms with Gasteiger partial charge in [-0.25, -0.2) is 0 Å². The van der Waals surface area contributed by atoms with E-state index < -0.39 is 0 Å². The van der Waals surface area contributed by atoms with Crippen LogP contribution in [0.1, 0.15) is 19.8 Å². The second-order valence-electron chi connectivity index (χ2n) is 3.34. The lowest BCUT2D eigenvalue weighted by Gasteiger charge is -2.12. The SMILES string of the molecule is CNC(=O)C(C)CCC(=O)N(C)C. The van der Waals surface area contributed by atoms with Crippen LogP contribution in [0.4, 0.5) is 0 Å². The van der Waals surface area contributed by atoms with Crippen LogP contribution < -0.4 is 5.32 Å². The van der Waals surface area contributed by atoms with E-state index in [1.54, 1.807) is 21.1 Å². The summed E-state index contributed by atoms with van der Waals surface area (Å²) in [6, 6.07) is 0. The average Bonchev–Trinajstić information content (AvgIpc) is 2.11. The van der Waals surface area contributed by atoms with Gasteiger partial charge in [0.25, 0.3) is 0 Å². The van der Waals surface area contributed by atoms with Gasteiger partial charge in [-0.05, 0) is 6.42 Å². The second kappa shape index (κ2) is 5.56. The van der Waals surface area contributed by atoms with Gasteiger partial charge < -0.3 is 10.2 Å². The van der Waals surface area contributed by atoms with E-state index in [9.17, 15) is 9.59 Å². The maximum Gasteiger partial charge on any atom is 0.222 e. The third-order valence-electron chi connectivity index (χ3n) is 1.98. The summed E-state index contributed by atoms with van der Waals surface area (Å²) >= 11 is 0. The molecule has 0 heterocycles. The van der Waals surface area contributed by atoms with Crippen LogP contribution in [-0.4, -0.2) is 37.9 Å². The quantitative estimate of drug-likeness (QED) is 0.683. The van der Waals surface area contributed by atoms with Crippen LogP contribution in [0, 0.1) is 5.92 Å². The summed E-state index contributed by atoms with van der Waals surface area (Å²) in [5.41, 5.74) is 0. The predicted molar refractivity (Wildman–Crippen MR) is 51.2 cm³/mol. The Hall–Kier alpha value is -1.06. The lowest BCUT2D eigenvalue weighted by atomic mass is 10.0. The van der Waals surface area contributed by atoms with Crippen molar-refractivity contribution in [1.82, 2.24) is 10.2 Å². The maximum absolute atomic E-state index is 11.2. The molecule has 0 aliphatic carbocycles. The Bertz CT molecular complexity index is 190. The molecule has 0 aliphatic rings.